The van der Waals surface area contributed by atoms with Gasteiger partial charge in [-0.2, -0.15) is 0 Å². The van der Waals surface area contributed by atoms with Crippen molar-refractivity contribution in [1.82, 2.24) is 4.90 Å². The number of nitrogens with zero attached hydrogens (tertiary/aromatic N) is 1. The first-order chi connectivity index (χ1) is 7.97. The lowest BCUT2D eigenvalue weighted by atomic mass is 10.1. The summed E-state index contributed by atoms with van der Waals surface area (Å²) in [7, 11) is 1.58. The number of carboxylic acids is 1. The number of rotatable bonds is 5. The van der Waals surface area contributed by atoms with Crippen molar-refractivity contribution < 1.29 is 18.7 Å². The van der Waals surface area contributed by atoms with Gasteiger partial charge in [0.1, 0.15) is 6.04 Å². The van der Waals surface area contributed by atoms with E-state index in [2.05, 4.69) is 0 Å². The van der Waals surface area contributed by atoms with E-state index in [1.54, 1.807) is 14.0 Å². The summed E-state index contributed by atoms with van der Waals surface area (Å²) in [6.45, 7) is 1.80. The largest absolute Gasteiger partial charge is 0.480 e. The number of hydrogen-bond acceptors (Lipinski definition) is 2. The molecule has 0 radical (unpaired) electrons. The molecule has 0 saturated carbocycles. The molecule has 0 aromatic heterocycles. The second-order valence-corrected chi connectivity index (χ2v) is 3.89. The summed E-state index contributed by atoms with van der Waals surface area (Å²) >= 11 is 0. The van der Waals surface area contributed by atoms with Gasteiger partial charge in [0.05, 0.1) is 0 Å². The number of likely N-dealkylation sites (N-methyl/N-ethyl adjacent to an activating group) is 1. The van der Waals surface area contributed by atoms with Gasteiger partial charge >= 0.3 is 5.97 Å². The van der Waals surface area contributed by atoms with Crippen molar-refractivity contribution in [3.8, 4) is 0 Å². The Bertz CT molecular complexity index is 409. The van der Waals surface area contributed by atoms with Gasteiger partial charge in [0, 0.05) is 12.1 Å². The van der Waals surface area contributed by atoms with Crippen LogP contribution in [0.15, 0.2) is 18.2 Å². The molecule has 1 aromatic carbocycles. The molecule has 0 aliphatic heterocycles. The molecule has 1 unspecified atom stereocenters. The van der Waals surface area contributed by atoms with Gasteiger partial charge in [0.2, 0.25) is 0 Å². The van der Waals surface area contributed by atoms with Crippen molar-refractivity contribution in [3.63, 3.8) is 0 Å². The molecule has 0 amide bonds. The first kappa shape index (κ1) is 13.6. The Morgan fingerprint density at radius 2 is 2.12 bits per heavy atom. The van der Waals surface area contributed by atoms with Crippen molar-refractivity contribution in [2.75, 3.05) is 7.05 Å². The summed E-state index contributed by atoms with van der Waals surface area (Å²) in [4.78, 5) is 12.4. The van der Waals surface area contributed by atoms with E-state index >= 15 is 0 Å². The fourth-order valence-corrected chi connectivity index (χ4v) is 1.72. The van der Waals surface area contributed by atoms with Crippen LogP contribution in [0.3, 0.4) is 0 Å². The van der Waals surface area contributed by atoms with Gasteiger partial charge in [0.25, 0.3) is 0 Å². The van der Waals surface area contributed by atoms with Gasteiger partial charge in [-0.1, -0.05) is 19.1 Å². The Hall–Kier alpha value is -1.49. The molecule has 1 rings (SSSR count). The van der Waals surface area contributed by atoms with Crippen LogP contribution in [0.2, 0.25) is 0 Å². The van der Waals surface area contributed by atoms with Crippen LogP contribution in [0, 0.1) is 11.6 Å². The van der Waals surface area contributed by atoms with Crippen LogP contribution in [0.1, 0.15) is 18.9 Å². The summed E-state index contributed by atoms with van der Waals surface area (Å²) in [6, 6.07) is 3.19. The highest BCUT2D eigenvalue weighted by Gasteiger charge is 2.21. The van der Waals surface area contributed by atoms with Crippen molar-refractivity contribution in [2.24, 2.45) is 0 Å². The quantitative estimate of drug-likeness (QED) is 0.862. The van der Waals surface area contributed by atoms with Gasteiger partial charge < -0.3 is 5.11 Å². The number of carbonyl (C=O) groups is 1. The van der Waals surface area contributed by atoms with Crippen LogP contribution in [0.25, 0.3) is 0 Å². The fourth-order valence-electron chi connectivity index (χ4n) is 1.72. The van der Waals surface area contributed by atoms with E-state index in [0.717, 1.165) is 6.07 Å². The molecule has 0 bridgehead atoms. The third-order valence-corrected chi connectivity index (χ3v) is 2.66. The molecule has 3 nitrogen and oxygen atoms in total. The van der Waals surface area contributed by atoms with Crippen molar-refractivity contribution in [3.05, 3.63) is 35.4 Å². The molecule has 1 atom stereocenters. The van der Waals surface area contributed by atoms with Gasteiger partial charge in [-0.15, -0.1) is 0 Å². The van der Waals surface area contributed by atoms with E-state index in [1.165, 1.54) is 17.0 Å². The molecule has 0 saturated heterocycles. The highest BCUT2D eigenvalue weighted by atomic mass is 19.2. The normalized spacial score (nSPS) is 12.8. The predicted molar refractivity (Wildman–Crippen MR) is 59.5 cm³/mol. The van der Waals surface area contributed by atoms with Gasteiger partial charge in [-0.3, -0.25) is 9.69 Å². The number of hydrogen-bond donors (Lipinski definition) is 1. The molecular formula is C12H15F2NO2. The standard InChI is InChI=1S/C12H15F2NO2/c1-3-10(12(16)17)15(2)7-8-5-4-6-9(13)11(8)14/h4-6,10H,3,7H2,1-2H3,(H,16,17). The van der Waals surface area contributed by atoms with Gasteiger partial charge in [0.15, 0.2) is 11.6 Å². The lowest BCUT2D eigenvalue weighted by molar-refractivity contribution is -0.143. The zero-order valence-electron chi connectivity index (χ0n) is 9.78. The third-order valence-electron chi connectivity index (χ3n) is 2.66. The second kappa shape index (κ2) is 5.72. The molecule has 94 valence electrons. The average Bonchev–Trinajstić information content (AvgIpc) is 2.25. The molecule has 1 N–H and O–H groups in total. The predicted octanol–water partition coefficient (Wildman–Crippen LogP) is 2.26. The third kappa shape index (κ3) is 3.23. The van der Waals surface area contributed by atoms with Crippen LogP contribution < -0.4 is 0 Å². The zero-order valence-corrected chi connectivity index (χ0v) is 9.78. The Morgan fingerprint density at radius 1 is 1.47 bits per heavy atom. The van der Waals surface area contributed by atoms with E-state index in [-0.39, 0.29) is 12.1 Å². The lowest BCUT2D eigenvalue weighted by Crippen LogP contribution is -2.37. The molecule has 1 aromatic rings. The molecule has 0 heterocycles. The van der Waals surface area contributed by atoms with Crippen LogP contribution >= 0.6 is 0 Å². The Labute approximate surface area is 98.7 Å². The molecule has 0 spiro atoms. The Morgan fingerprint density at radius 3 is 2.65 bits per heavy atom. The monoisotopic (exact) mass is 243 g/mol. The highest BCUT2D eigenvalue weighted by Crippen LogP contribution is 2.15. The maximum absolute atomic E-state index is 13.4. The summed E-state index contributed by atoms with van der Waals surface area (Å²) in [5, 5.41) is 8.94. The first-order valence-corrected chi connectivity index (χ1v) is 5.33. The lowest BCUT2D eigenvalue weighted by Gasteiger charge is -2.23. The minimum atomic E-state index is -0.966. The SMILES string of the molecule is CCC(C(=O)O)N(C)Cc1cccc(F)c1F. The molecule has 0 aliphatic carbocycles. The van der Waals surface area contributed by atoms with E-state index in [9.17, 15) is 13.6 Å². The van der Waals surface area contributed by atoms with Crippen LogP contribution in [0.5, 0.6) is 0 Å². The smallest absolute Gasteiger partial charge is 0.320 e. The van der Waals surface area contributed by atoms with E-state index in [4.69, 9.17) is 5.11 Å². The highest BCUT2D eigenvalue weighted by molar-refractivity contribution is 5.73. The molecule has 17 heavy (non-hydrogen) atoms. The van der Waals surface area contributed by atoms with Crippen LogP contribution in [0.4, 0.5) is 8.78 Å². The maximum atomic E-state index is 13.4. The molecule has 5 heteroatoms. The van der Waals surface area contributed by atoms with E-state index < -0.39 is 23.6 Å². The topological polar surface area (TPSA) is 40.5 Å². The van der Waals surface area contributed by atoms with Gasteiger partial charge in [-0.05, 0) is 19.5 Å². The second-order valence-electron chi connectivity index (χ2n) is 3.89. The zero-order chi connectivity index (χ0) is 13.0. The Kier molecular flexibility index (Phi) is 4.57. The minimum Gasteiger partial charge on any atom is -0.480 e. The molecule has 0 aliphatic rings. The minimum absolute atomic E-state index is 0.0639. The van der Waals surface area contributed by atoms with Crippen molar-refractivity contribution in [1.29, 1.82) is 0 Å². The molecular weight excluding hydrogens is 228 g/mol. The number of aliphatic carboxylic acids is 1. The summed E-state index contributed by atoms with van der Waals surface area (Å²) in [5.41, 5.74) is 0.159. The van der Waals surface area contributed by atoms with Gasteiger partial charge in [-0.25, -0.2) is 8.78 Å². The summed E-state index contributed by atoms with van der Waals surface area (Å²) in [6.07, 6.45) is 0.406. The maximum Gasteiger partial charge on any atom is 0.320 e. The fraction of sp³-hybridized carbons (Fsp3) is 0.417. The van der Waals surface area contributed by atoms with E-state index in [0.29, 0.717) is 6.42 Å². The van der Waals surface area contributed by atoms with Crippen molar-refractivity contribution in [2.45, 2.75) is 25.9 Å². The summed E-state index contributed by atoms with van der Waals surface area (Å²) < 4.78 is 26.3. The number of carboxylic acid groups (broad SMARTS) is 1. The van der Waals surface area contributed by atoms with E-state index in [1.807, 2.05) is 0 Å². The summed E-state index contributed by atoms with van der Waals surface area (Å²) in [5.74, 6) is -2.80. The van der Waals surface area contributed by atoms with Crippen LogP contribution in [-0.2, 0) is 11.3 Å². The first-order valence-electron chi connectivity index (χ1n) is 5.33. The van der Waals surface area contributed by atoms with Crippen LogP contribution in [-0.4, -0.2) is 29.1 Å². The van der Waals surface area contributed by atoms with Crippen molar-refractivity contribution >= 4 is 5.97 Å². The number of benzene rings is 1. The number of halogens is 2. The molecule has 0 fully saturated rings. The average molecular weight is 243 g/mol. The Balaban J connectivity index is 2.83.